The molecule has 0 aliphatic heterocycles. The molecule has 4 heteroatoms. The molecular weight excluding hydrogens is 743 g/mol. The number of fused-ring (bicyclic) bond motifs is 18. The topological polar surface area (TPSA) is 27.9 Å². The van der Waals surface area contributed by atoms with Gasteiger partial charge in [-0.1, -0.05) is 129 Å². The van der Waals surface area contributed by atoms with Crippen molar-refractivity contribution in [1.82, 2.24) is 13.7 Å². The summed E-state index contributed by atoms with van der Waals surface area (Å²) in [4.78, 5) is 0. The second-order valence-electron chi connectivity index (χ2n) is 17.2. The Hall–Kier alpha value is -7.82. The van der Waals surface area contributed by atoms with E-state index in [2.05, 4.69) is 216 Å². The molecule has 14 rings (SSSR count). The van der Waals surface area contributed by atoms with Gasteiger partial charge in [0, 0.05) is 65.7 Å². The van der Waals surface area contributed by atoms with Crippen molar-refractivity contribution in [2.45, 2.75) is 19.3 Å². The normalized spacial score (nSPS) is 13.5. The van der Waals surface area contributed by atoms with E-state index in [4.69, 9.17) is 4.42 Å². The van der Waals surface area contributed by atoms with Gasteiger partial charge in [0.15, 0.2) is 0 Å². The molecule has 13 aromatic rings. The molecule has 9 aromatic carbocycles. The van der Waals surface area contributed by atoms with Gasteiger partial charge in [-0.05, 0) is 89.5 Å². The van der Waals surface area contributed by atoms with Crippen LogP contribution < -0.4 is 0 Å². The van der Waals surface area contributed by atoms with Crippen molar-refractivity contribution in [3.63, 3.8) is 0 Å². The molecule has 0 radical (unpaired) electrons. The first-order valence-corrected chi connectivity index (χ1v) is 21.2. The van der Waals surface area contributed by atoms with E-state index in [1.807, 2.05) is 0 Å². The third-order valence-electron chi connectivity index (χ3n) is 13.8. The van der Waals surface area contributed by atoms with Gasteiger partial charge < -0.3 is 18.1 Å². The van der Waals surface area contributed by atoms with Crippen molar-refractivity contribution < 1.29 is 4.42 Å². The summed E-state index contributed by atoms with van der Waals surface area (Å²) in [5.74, 6) is 0. The van der Waals surface area contributed by atoms with E-state index < -0.39 is 0 Å². The second kappa shape index (κ2) is 11.7. The number of hydrogen-bond acceptors (Lipinski definition) is 1. The number of hydrogen-bond donors (Lipinski definition) is 0. The minimum atomic E-state index is -0.238. The Morgan fingerprint density at radius 3 is 1.59 bits per heavy atom. The van der Waals surface area contributed by atoms with E-state index in [0.29, 0.717) is 0 Å². The first-order chi connectivity index (χ1) is 30.1. The fourth-order valence-electron chi connectivity index (χ4n) is 11.3. The minimum absolute atomic E-state index is 0.238. The van der Waals surface area contributed by atoms with E-state index in [9.17, 15) is 0 Å². The number of benzene rings is 9. The van der Waals surface area contributed by atoms with Gasteiger partial charge in [0.1, 0.15) is 11.2 Å². The quantitative estimate of drug-likeness (QED) is 0.176. The third kappa shape index (κ3) is 4.19. The first kappa shape index (κ1) is 33.1. The highest BCUT2D eigenvalue weighted by molar-refractivity contribution is 6.30. The van der Waals surface area contributed by atoms with E-state index >= 15 is 0 Å². The van der Waals surface area contributed by atoms with Crippen molar-refractivity contribution in [2.24, 2.45) is 0 Å². The second-order valence-corrected chi connectivity index (χ2v) is 17.2. The van der Waals surface area contributed by atoms with Crippen LogP contribution in [0.3, 0.4) is 0 Å². The molecule has 0 fully saturated rings. The van der Waals surface area contributed by atoms with Crippen LogP contribution in [0.2, 0.25) is 0 Å². The van der Waals surface area contributed by atoms with E-state index in [0.717, 1.165) is 33.6 Å². The van der Waals surface area contributed by atoms with Crippen molar-refractivity contribution in [1.29, 1.82) is 0 Å². The standard InChI is InChI=1S/C57H37N3O/c1-57(2)44-23-11-6-20-39(44)52-54(57)51-40-21-9-14-26-47(40)60(55(51)53-41-22-10-15-27-50(41)61-56(52)53)36-29-31-49-43(33-36)38-19-8-13-25-46(38)59(49)35-28-30-48-42(32-35)37-18-7-12-24-45(37)58(48)34-16-4-3-5-17-34/h3-33H,1-2H3. The molecule has 4 heterocycles. The molecule has 0 amide bonds. The van der Waals surface area contributed by atoms with Crippen LogP contribution in [0.15, 0.2) is 192 Å². The molecule has 4 aromatic heterocycles. The van der Waals surface area contributed by atoms with Gasteiger partial charge in [0.2, 0.25) is 0 Å². The molecule has 0 saturated heterocycles. The number of aromatic nitrogens is 3. The summed E-state index contributed by atoms with van der Waals surface area (Å²) in [5, 5.41) is 9.78. The molecule has 0 unspecified atom stereocenters. The molecular formula is C57H37N3O. The van der Waals surface area contributed by atoms with Crippen LogP contribution in [0.5, 0.6) is 0 Å². The van der Waals surface area contributed by atoms with Gasteiger partial charge in [-0.3, -0.25) is 0 Å². The highest BCUT2D eigenvalue weighted by atomic mass is 16.3. The summed E-state index contributed by atoms with van der Waals surface area (Å²) in [5.41, 5.74) is 17.4. The Kier molecular flexibility index (Phi) is 6.33. The number of nitrogens with zero attached hydrogens (tertiary/aromatic N) is 3. The maximum Gasteiger partial charge on any atom is 0.145 e. The molecule has 4 nitrogen and oxygen atoms in total. The largest absolute Gasteiger partial charge is 0.455 e. The average molecular weight is 780 g/mol. The number of rotatable bonds is 3. The summed E-state index contributed by atoms with van der Waals surface area (Å²) >= 11 is 0. The zero-order valence-electron chi connectivity index (χ0n) is 33.6. The molecule has 286 valence electrons. The lowest BCUT2D eigenvalue weighted by molar-refractivity contribution is 0.658. The smallest absolute Gasteiger partial charge is 0.145 e. The molecule has 0 saturated carbocycles. The van der Waals surface area contributed by atoms with Gasteiger partial charge in [-0.15, -0.1) is 0 Å². The van der Waals surface area contributed by atoms with Crippen LogP contribution in [-0.2, 0) is 5.41 Å². The van der Waals surface area contributed by atoms with Crippen LogP contribution >= 0.6 is 0 Å². The monoisotopic (exact) mass is 779 g/mol. The summed E-state index contributed by atoms with van der Waals surface area (Å²) in [6.45, 7) is 4.77. The first-order valence-electron chi connectivity index (χ1n) is 21.2. The lowest BCUT2D eigenvalue weighted by Gasteiger charge is -2.23. The summed E-state index contributed by atoms with van der Waals surface area (Å²) in [6, 6.07) is 68.8. The molecule has 0 atom stereocenters. The Bertz CT molecular complexity index is 4020. The summed E-state index contributed by atoms with van der Waals surface area (Å²) in [6.07, 6.45) is 0. The Balaban J connectivity index is 1.07. The van der Waals surface area contributed by atoms with Crippen LogP contribution in [-0.4, -0.2) is 13.7 Å². The molecule has 1 aliphatic carbocycles. The highest BCUT2D eigenvalue weighted by Crippen LogP contribution is 2.58. The Morgan fingerprint density at radius 2 is 0.902 bits per heavy atom. The van der Waals surface area contributed by atoms with E-state index in [-0.39, 0.29) is 5.41 Å². The van der Waals surface area contributed by atoms with Crippen molar-refractivity contribution in [2.75, 3.05) is 0 Å². The highest BCUT2D eigenvalue weighted by Gasteiger charge is 2.41. The summed E-state index contributed by atoms with van der Waals surface area (Å²) in [7, 11) is 0. The molecule has 0 bridgehead atoms. The van der Waals surface area contributed by atoms with Crippen LogP contribution in [0.25, 0.3) is 116 Å². The SMILES string of the molecule is CC1(C)c2ccccc2-c2c1c1c3ccccc3n(-c3ccc4c(c3)c3ccccc3n4-c3ccc4c(c3)c3ccccc3n4-c3ccccc3)c1c1c2oc2ccccc21. The molecule has 0 N–H and O–H groups in total. The zero-order chi connectivity index (χ0) is 40.1. The minimum Gasteiger partial charge on any atom is -0.455 e. The predicted molar refractivity (Wildman–Crippen MR) is 254 cm³/mol. The molecule has 61 heavy (non-hydrogen) atoms. The van der Waals surface area contributed by atoms with Crippen LogP contribution in [0.1, 0.15) is 25.0 Å². The fourth-order valence-corrected chi connectivity index (χ4v) is 11.3. The average Bonchev–Trinajstić information content (AvgIpc) is 4.09. The lowest BCUT2D eigenvalue weighted by Crippen LogP contribution is -2.15. The Morgan fingerprint density at radius 1 is 0.393 bits per heavy atom. The number of para-hydroxylation sites is 5. The maximum atomic E-state index is 6.99. The van der Waals surface area contributed by atoms with Crippen molar-refractivity contribution in [3.05, 3.63) is 199 Å². The van der Waals surface area contributed by atoms with Gasteiger partial charge in [-0.25, -0.2) is 0 Å². The predicted octanol–water partition coefficient (Wildman–Crippen LogP) is 15.2. The maximum absolute atomic E-state index is 6.99. The Labute approximate surface area is 350 Å². The van der Waals surface area contributed by atoms with Crippen molar-refractivity contribution >= 4 is 87.4 Å². The van der Waals surface area contributed by atoms with Gasteiger partial charge >= 0.3 is 0 Å². The van der Waals surface area contributed by atoms with E-state index in [1.54, 1.807) is 0 Å². The zero-order valence-corrected chi connectivity index (χ0v) is 33.6. The van der Waals surface area contributed by atoms with E-state index in [1.165, 1.54) is 93.1 Å². The fraction of sp³-hybridized carbons (Fsp3) is 0.0526. The summed E-state index contributed by atoms with van der Waals surface area (Å²) < 4.78 is 14.3. The van der Waals surface area contributed by atoms with Gasteiger partial charge in [0.25, 0.3) is 0 Å². The number of furan rings is 1. The lowest BCUT2D eigenvalue weighted by atomic mass is 9.80. The van der Waals surface area contributed by atoms with Gasteiger partial charge in [-0.2, -0.15) is 0 Å². The van der Waals surface area contributed by atoms with Crippen LogP contribution in [0.4, 0.5) is 0 Å². The van der Waals surface area contributed by atoms with Gasteiger partial charge in [0.05, 0.1) is 38.5 Å². The third-order valence-corrected chi connectivity index (χ3v) is 13.8. The van der Waals surface area contributed by atoms with Crippen molar-refractivity contribution in [3.8, 4) is 28.2 Å². The molecule has 0 spiro atoms. The molecule has 1 aliphatic rings. The van der Waals surface area contributed by atoms with Crippen LogP contribution in [0, 0.1) is 0 Å².